The predicted molar refractivity (Wildman–Crippen MR) is 123 cm³/mol. The monoisotopic (exact) mass is 478 g/mol. The number of halogens is 1. The third-order valence-electron chi connectivity index (χ3n) is 3.87. The van der Waals surface area contributed by atoms with Crippen molar-refractivity contribution in [1.29, 1.82) is 0 Å². The minimum Gasteiger partial charge on any atom is -0.490 e. The summed E-state index contributed by atoms with van der Waals surface area (Å²) in [7, 11) is 0. The zero-order valence-electron chi connectivity index (χ0n) is 16.4. The van der Waals surface area contributed by atoms with Gasteiger partial charge in [0.1, 0.15) is 0 Å². The van der Waals surface area contributed by atoms with Crippen LogP contribution in [0.1, 0.15) is 23.6 Å². The molecule has 0 bridgehead atoms. The van der Waals surface area contributed by atoms with Crippen LogP contribution in [-0.4, -0.2) is 30.4 Å². The number of hydrogen-bond donors (Lipinski definition) is 3. The molecular formula is C20H23BrN4O3S. The number of hydrazone groups is 1. The molecule has 2 rings (SSSR count). The van der Waals surface area contributed by atoms with Crippen molar-refractivity contribution in [3.05, 3.63) is 51.5 Å². The van der Waals surface area contributed by atoms with E-state index in [1.54, 1.807) is 24.4 Å². The normalized spacial score (nSPS) is 10.6. The van der Waals surface area contributed by atoms with Gasteiger partial charge in [-0.2, -0.15) is 5.10 Å². The highest BCUT2D eigenvalue weighted by atomic mass is 79.9. The largest absolute Gasteiger partial charge is 0.490 e. The van der Waals surface area contributed by atoms with Crippen LogP contribution in [0, 0.1) is 13.8 Å². The molecule has 0 fully saturated rings. The first-order chi connectivity index (χ1) is 13.8. The molecule has 2 aromatic rings. The van der Waals surface area contributed by atoms with Crippen LogP contribution >= 0.6 is 28.1 Å². The number of amides is 1. The molecule has 0 radical (unpaired) electrons. The Bertz CT molecular complexity index is 934. The summed E-state index contributed by atoms with van der Waals surface area (Å²) in [5.41, 5.74) is 11.5. The fourth-order valence-corrected chi connectivity index (χ4v) is 2.98. The van der Waals surface area contributed by atoms with E-state index < -0.39 is 0 Å². The minimum absolute atomic E-state index is 0.0765. The van der Waals surface area contributed by atoms with Crippen molar-refractivity contribution in [3.8, 4) is 11.5 Å². The van der Waals surface area contributed by atoms with Crippen molar-refractivity contribution in [3.63, 3.8) is 0 Å². The molecule has 0 atom stereocenters. The number of rotatable bonds is 8. The third-order valence-corrected chi connectivity index (χ3v) is 4.62. The molecular weight excluding hydrogens is 456 g/mol. The average molecular weight is 479 g/mol. The van der Waals surface area contributed by atoms with Crippen molar-refractivity contribution < 1.29 is 14.3 Å². The van der Waals surface area contributed by atoms with Crippen LogP contribution in [0.2, 0.25) is 0 Å². The maximum absolute atomic E-state index is 12.3. The number of nitrogens with one attached hydrogen (secondary N) is 2. The number of aryl methyl sites for hydroxylation is 2. The van der Waals surface area contributed by atoms with Crippen molar-refractivity contribution in [1.82, 2.24) is 5.43 Å². The van der Waals surface area contributed by atoms with Crippen molar-refractivity contribution in [2.45, 2.75) is 20.8 Å². The number of nitrogens with two attached hydrogens (primary N) is 1. The fraction of sp³-hybridized carbons (Fsp3) is 0.250. The summed E-state index contributed by atoms with van der Waals surface area (Å²) >= 11 is 8.16. The van der Waals surface area contributed by atoms with Crippen LogP contribution in [0.15, 0.2) is 39.9 Å². The van der Waals surface area contributed by atoms with E-state index in [1.165, 1.54) is 0 Å². The van der Waals surface area contributed by atoms with E-state index in [1.807, 2.05) is 32.9 Å². The fourth-order valence-electron chi connectivity index (χ4n) is 2.37. The summed E-state index contributed by atoms with van der Waals surface area (Å²) in [6.45, 7) is 6.16. The predicted octanol–water partition coefficient (Wildman–Crippen LogP) is 3.65. The Hall–Kier alpha value is -2.65. The smallest absolute Gasteiger partial charge is 0.262 e. The molecule has 1 amide bonds. The highest BCUT2D eigenvalue weighted by Gasteiger charge is 2.11. The molecule has 0 aliphatic carbocycles. The van der Waals surface area contributed by atoms with Gasteiger partial charge in [0, 0.05) is 4.47 Å². The Balaban J connectivity index is 2.05. The second-order valence-electron chi connectivity index (χ2n) is 6.13. The van der Waals surface area contributed by atoms with Gasteiger partial charge in [-0.05, 0) is 95.9 Å². The van der Waals surface area contributed by atoms with E-state index in [0.717, 1.165) is 21.2 Å². The molecule has 0 spiro atoms. The Morgan fingerprint density at radius 3 is 2.62 bits per heavy atom. The molecule has 154 valence electrons. The SMILES string of the molecule is CCOc1cc(/C=N/NC(N)=S)ccc1OCC(=O)Nc1cc(C)c(C)cc1Br. The van der Waals surface area contributed by atoms with E-state index >= 15 is 0 Å². The summed E-state index contributed by atoms with van der Waals surface area (Å²) in [5, 5.41) is 6.83. The van der Waals surface area contributed by atoms with Gasteiger partial charge in [-0.3, -0.25) is 10.2 Å². The summed E-state index contributed by atoms with van der Waals surface area (Å²) in [6, 6.07) is 9.12. The van der Waals surface area contributed by atoms with Gasteiger partial charge in [0.2, 0.25) is 0 Å². The molecule has 7 nitrogen and oxygen atoms in total. The van der Waals surface area contributed by atoms with Gasteiger partial charge in [0.15, 0.2) is 23.2 Å². The maximum Gasteiger partial charge on any atom is 0.262 e. The zero-order valence-corrected chi connectivity index (χ0v) is 18.8. The van der Waals surface area contributed by atoms with Crippen molar-refractivity contribution in [2.24, 2.45) is 10.8 Å². The zero-order chi connectivity index (χ0) is 21.4. The minimum atomic E-state index is -0.275. The summed E-state index contributed by atoms with van der Waals surface area (Å²) in [5.74, 6) is 0.690. The summed E-state index contributed by atoms with van der Waals surface area (Å²) < 4.78 is 12.1. The molecule has 0 heterocycles. The number of nitrogens with zero attached hydrogens (tertiary/aromatic N) is 1. The van der Waals surface area contributed by atoms with Crippen LogP contribution in [0.4, 0.5) is 5.69 Å². The van der Waals surface area contributed by atoms with Gasteiger partial charge in [-0.25, -0.2) is 0 Å². The lowest BCUT2D eigenvalue weighted by atomic mass is 10.1. The molecule has 0 saturated heterocycles. The molecule has 4 N–H and O–H groups in total. The Morgan fingerprint density at radius 1 is 1.21 bits per heavy atom. The molecule has 0 aliphatic heterocycles. The Morgan fingerprint density at radius 2 is 1.93 bits per heavy atom. The van der Waals surface area contributed by atoms with Crippen LogP contribution in [-0.2, 0) is 4.79 Å². The standard InChI is InChI=1S/C20H23BrN4O3S/c1-4-27-18-9-14(10-23-25-20(22)29)5-6-17(18)28-11-19(26)24-16-8-13(3)12(2)7-15(16)21/h5-10H,4,11H2,1-3H3,(H,24,26)(H3,22,25,29)/b23-10+. The number of benzene rings is 2. The summed E-state index contributed by atoms with van der Waals surface area (Å²) in [6.07, 6.45) is 1.55. The van der Waals surface area contributed by atoms with Crippen molar-refractivity contribution in [2.75, 3.05) is 18.5 Å². The molecule has 29 heavy (non-hydrogen) atoms. The topological polar surface area (TPSA) is 98.0 Å². The molecule has 0 unspecified atom stereocenters. The molecule has 0 aromatic heterocycles. The average Bonchev–Trinajstić information content (AvgIpc) is 2.65. The number of thiocarbonyl (C=S) groups is 1. The third kappa shape index (κ3) is 7.03. The van der Waals surface area contributed by atoms with E-state index in [2.05, 4.69) is 31.8 Å². The van der Waals surface area contributed by atoms with Gasteiger partial charge in [0.05, 0.1) is 18.5 Å². The first-order valence-electron chi connectivity index (χ1n) is 8.85. The lowest BCUT2D eigenvalue weighted by molar-refractivity contribution is -0.118. The highest BCUT2D eigenvalue weighted by molar-refractivity contribution is 9.10. The first-order valence-corrected chi connectivity index (χ1v) is 10.0. The van der Waals surface area contributed by atoms with Gasteiger partial charge in [-0.15, -0.1) is 0 Å². The molecule has 0 saturated carbocycles. The maximum atomic E-state index is 12.3. The Labute approximate surface area is 183 Å². The van der Waals surface area contributed by atoms with Gasteiger partial charge >= 0.3 is 0 Å². The van der Waals surface area contributed by atoms with E-state index in [4.69, 9.17) is 27.4 Å². The van der Waals surface area contributed by atoms with Gasteiger partial charge in [0.25, 0.3) is 5.91 Å². The first kappa shape index (κ1) is 22.6. The molecule has 0 aliphatic rings. The highest BCUT2D eigenvalue weighted by Crippen LogP contribution is 2.29. The number of ether oxygens (including phenoxy) is 2. The van der Waals surface area contributed by atoms with Crippen LogP contribution in [0.5, 0.6) is 11.5 Å². The number of hydrogen-bond acceptors (Lipinski definition) is 5. The van der Waals surface area contributed by atoms with E-state index in [-0.39, 0.29) is 17.6 Å². The molecule has 2 aromatic carbocycles. The number of carbonyl (C=O) groups excluding carboxylic acids is 1. The van der Waals surface area contributed by atoms with Crippen LogP contribution in [0.25, 0.3) is 0 Å². The van der Waals surface area contributed by atoms with Crippen molar-refractivity contribution >= 4 is 51.1 Å². The number of carbonyl (C=O) groups is 1. The quantitative estimate of drug-likeness (QED) is 0.304. The number of anilines is 1. The van der Waals surface area contributed by atoms with Gasteiger partial charge < -0.3 is 20.5 Å². The lowest BCUT2D eigenvalue weighted by Gasteiger charge is -2.14. The van der Waals surface area contributed by atoms with Crippen LogP contribution in [0.3, 0.4) is 0 Å². The summed E-state index contributed by atoms with van der Waals surface area (Å²) in [4.78, 5) is 12.3. The molecule has 9 heteroatoms. The van der Waals surface area contributed by atoms with E-state index in [0.29, 0.717) is 23.8 Å². The second-order valence-corrected chi connectivity index (χ2v) is 7.42. The van der Waals surface area contributed by atoms with Gasteiger partial charge in [-0.1, -0.05) is 0 Å². The Kier molecular flexibility index (Phi) is 8.41. The second kappa shape index (κ2) is 10.8. The van der Waals surface area contributed by atoms with Crippen LogP contribution < -0.4 is 25.9 Å². The van der Waals surface area contributed by atoms with E-state index in [9.17, 15) is 4.79 Å². The lowest BCUT2D eigenvalue weighted by Crippen LogP contribution is -2.24.